The lowest BCUT2D eigenvalue weighted by molar-refractivity contribution is -0.121. The van der Waals surface area contributed by atoms with Gasteiger partial charge in [0, 0.05) is 32.7 Å². The molecule has 1 aliphatic rings. The summed E-state index contributed by atoms with van der Waals surface area (Å²) in [7, 11) is 1.65. The Hall–Kier alpha value is -0.610. The zero-order valence-corrected chi connectivity index (χ0v) is 8.84. The van der Waals surface area contributed by atoms with Crippen LogP contribution in [-0.4, -0.2) is 38.8 Å². The molecule has 0 aromatic carbocycles. The first kappa shape index (κ1) is 11.5. The number of hydrogen-bond donors (Lipinski definition) is 2. The summed E-state index contributed by atoms with van der Waals surface area (Å²) in [5.74, 6) is 0.135. The highest BCUT2D eigenvalue weighted by molar-refractivity contribution is 5.75. The molecule has 0 aromatic rings. The molecule has 1 rings (SSSR count). The Kier molecular flexibility index (Phi) is 5.56. The van der Waals surface area contributed by atoms with E-state index in [9.17, 15) is 4.79 Å². The molecule has 4 nitrogen and oxygen atoms in total. The Morgan fingerprint density at radius 3 is 3.14 bits per heavy atom. The summed E-state index contributed by atoms with van der Waals surface area (Å²) in [6.45, 7) is 2.52. The first-order valence-electron chi connectivity index (χ1n) is 5.32. The van der Waals surface area contributed by atoms with E-state index in [4.69, 9.17) is 4.74 Å². The molecular weight excluding hydrogens is 180 g/mol. The van der Waals surface area contributed by atoms with Gasteiger partial charge in [-0.15, -0.1) is 0 Å². The van der Waals surface area contributed by atoms with Gasteiger partial charge in [-0.05, 0) is 25.8 Å². The van der Waals surface area contributed by atoms with Gasteiger partial charge in [-0.25, -0.2) is 0 Å². The van der Waals surface area contributed by atoms with E-state index in [1.165, 1.54) is 12.8 Å². The minimum atomic E-state index is 0.135. The third kappa shape index (κ3) is 4.58. The van der Waals surface area contributed by atoms with E-state index in [0.29, 0.717) is 19.1 Å². The van der Waals surface area contributed by atoms with Crippen molar-refractivity contribution >= 4 is 5.91 Å². The van der Waals surface area contributed by atoms with Crippen molar-refractivity contribution in [2.24, 2.45) is 0 Å². The van der Waals surface area contributed by atoms with Gasteiger partial charge in [0.25, 0.3) is 0 Å². The molecule has 0 radical (unpaired) electrons. The van der Waals surface area contributed by atoms with Gasteiger partial charge in [0.15, 0.2) is 0 Å². The molecule has 0 aromatic heterocycles. The molecule has 0 bridgehead atoms. The number of amides is 1. The van der Waals surface area contributed by atoms with Gasteiger partial charge in [0.05, 0.1) is 0 Å². The van der Waals surface area contributed by atoms with Crippen molar-refractivity contribution in [1.82, 2.24) is 10.6 Å². The minimum absolute atomic E-state index is 0.135. The van der Waals surface area contributed by atoms with Crippen molar-refractivity contribution in [2.45, 2.75) is 31.7 Å². The fourth-order valence-corrected chi connectivity index (χ4v) is 1.63. The molecule has 1 heterocycles. The van der Waals surface area contributed by atoms with Crippen LogP contribution in [0.3, 0.4) is 0 Å². The number of rotatable bonds is 6. The van der Waals surface area contributed by atoms with Crippen LogP contribution in [0.15, 0.2) is 0 Å². The summed E-state index contributed by atoms with van der Waals surface area (Å²) in [5.41, 5.74) is 0. The third-order valence-electron chi connectivity index (χ3n) is 2.46. The zero-order valence-electron chi connectivity index (χ0n) is 8.84. The Labute approximate surface area is 85.4 Å². The van der Waals surface area contributed by atoms with Crippen molar-refractivity contribution in [1.29, 1.82) is 0 Å². The van der Waals surface area contributed by atoms with Crippen LogP contribution >= 0.6 is 0 Å². The Morgan fingerprint density at radius 1 is 1.64 bits per heavy atom. The molecule has 0 spiro atoms. The van der Waals surface area contributed by atoms with Crippen LogP contribution in [0.1, 0.15) is 25.7 Å². The van der Waals surface area contributed by atoms with E-state index in [1.54, 1.807) is 7.11 Å². The average molecular weight is 200 g/mol. The van der Waals surface area contributed by atoms with Crippen LogP contribution in [-0.2, 0) is 9.53 Å². The topological polar surface area (TPSA) is 50.4 Å². The Balaban J connectivity index is 1.96. The van der Waals surface area contributed by atoms with Crippen LogP contribution < -0.4 is 10.6 Å². The summed E-state index contributed by atoms with van der Waals surface area (Å²) in [4.78, 5) is 11.3. The number of carbonyl (C=O) groups is 1. The standard InChI is InChI=1S/C10H20N2O2/c1-14-7-3-5-10(13)12-8-9-4-2-6-11-9/h9,11H,2-8H2,1H3,(H,12,13). The summed E-state index contributed by atoms with van der Waals surface area (Å²) >= 11 is 0. The lowest BCUT2D eigenvalue weighted by atomic mass is 10.2. The predicted molar refractivity (Wildman–Crippen MR) is 55.1 cm³/mol. The molecule has 0 saturated carbocycles. The lowest BCUT2D eigenvalue weighted by Gasteiger charge is -2.11. The first-order valence-corrected chi connectivity index (χ1v) is 5.32. The highest BCUT2D eigenvalue weighted by Gasteiger charge is 2.14. The molecule has 4 heteroatoms. The normalized spacial score (nSPS) is 21.1. The highest BCUT2D eigenvalue weighted by atomic mass is 16.5. The molecule has 1 aliphatic heterocycles. The summed E-state index contributed by atoms with van der Waals surface area (Å²) < 4.78 is 4.88. The van der Waals surface area contributed by atoms with Crippen molar-refractivity contribution in [2.75, 3.05) is 26.8 Å². The second kappa shape index (κ2) is 6.79. The first-order chi connectivity index (χ1) is 6.83. The molecule has 1 saturated heterocycles. The van der Waals surface area contributed by atoms with Crippen LogP contribution in [0.2, 0.25) is 0 Å². The Bertz CT molecular complexity index is 168. The number of methoxy groups -OCH3 is 1. The van der Waals surface area contributed by atoms with Crippen molar-refractivity contribution in [3.63, 3.8) is 0 Å². The van der Waals surface area contributed by atoms with Gasteiger partial charge in [0.1, 0.15) is 0 Å². The van der Waals surface area contributed by atoms with Crippen molar-refractivity contribution in [3.8, 4) is 0 Å². The third-order valence-corrected chi connectivity index (χ3v) is 2.46. The van der Waals surface area contributed by atoms with Crippen molar-refractivity contribution in [3.05, 3.63) is 0 Å². The van der Waals surface area contributed by atoms with E-state index in [0.717, 1.165) is 19.5 Å². The molecule has 1 unspecified atom stereocenters. The van der Waals surface area contributed by atoms with Gasteiger partial charge in [-0.3, -0.25) is 4.79 Å². The largest absolute Gasteiger partial charge is 0.385 e. The summed E-state index contributed by atoms with van der Waals surface area (Å²) in [6, 6.07) is 0.487. The SMILES string of the molecule is COCCCC(=O)NCC1CCCN1. The van der Waals surface area contributed by atoms with E-state index >= 15 is 0 Å². The number of hydrogen-bond acceptors (Lipinski definition) is 3. The average Bonchev–Trinajstić information content (AvgIpc) is 2.68. The van der Waals surface area contributed by atoms with Gasteiger partial charge >= 0.3 is 0 Å². The van der Waals surface area contributed by atoms with E-state index in [1.807, 2.05) is 0 Å². The second-order valence-electron chi connectivity index (χ2n) is 3.69. The smallest absolute Gasteiger partial charge is 0.220 e. The fraction of sp³-hybridized carbons (Fsp3) is 0.900. The maximum Gasteiger partial charge on any atom is 0.220 e. The van der Waals surface area contributed by atoms with Crippen molar-refractivity contribution < 1.29 is 9.53 Å². The Morgan fingerprint density at radius 2 is 2.50 bits per heavy atom. The molecule has 82 valence electrons. The number of nitrogens with one attached hydrogen (secondary N) is 2. The monoisotopic (exact) mass is 200 g/mol. The van der Waals surface area contributed by atoms with E-state index in [-0.39, 0.29) is 5.91 Å². The number of carbonyl (C=O) groups excluding carboxylic acids is 1. The maximum absolute atomic E-state index is 11.3. The molecule has 1 fully saturated rings. The van der Waals surface area contributed by atoms with Gasteiger partial charge < -0.3 is 15.4 Å². The summed E-state index contributed by atoms with van der Waals surface area (Å²) in [6.07, 6.45) is 3.78. The van der Waals surface area contributed by atoms with Crippen LogP contribution in [0.5, 0.6) is 0 Å². The zero-order chi connectivity index (χ0) is 10.2. The van der Waals surface area contributed by atoms with Gasteiger partial charge in [-0.1, -0.05) is 0 Å². The van der Waals surface area contributed by atoms with Gasteiger partial charge in [0.2, 0.25) is 5.91 Å². The quantitative estimate of drug-likeness (QED) is 0.606. The van der Waals surface area contributed by atoms with Crippen LogP contribution in [0.4, 0.5) is 0 Å². The van der Waals surface area contributed by atoms with E-state index < -0.39 is 0 Å². The molecule has 1 amide bonds. The molecule has 14 heavy (non-hydrogen) atoms. The minimum Gasteiger partial charge on any atom is -0.385 e. The lowest BCUT2D eigenvalue weighted by Crippen LogP contribution is -2.37. The maximum atomic E-state index is 11.3. The molecule has 2 N–H and O–H groups in total. The molecular formula is C10H20N2O2. The number of ether oxygens (including phenoxy) is 1. The van der Waals surface area contributed by atoms with Gasteiger partial charge in [-0.2, -0.15) is 0 Å². The second-order valence-corrected chi connectivity index (χ2v) is 3.69. The predicted octanol–water partition coefficient (Wildman–Crippen LogP) is 0.281. The van der Waals surface area contributed by atoms with Crippen LogP contribution in [0, 0.1) is 0 Å². The fourth-order valence-electron chi connectivity index (χ4n) is 1.63. The highest BCUT2D eigenvalue weighted by Crippen LogP contribution is 2.03. The summed E-state index contributed by atoms with van der Waals surface area (Å²) in [5, 5.41) is 6.27. The van der Waals surface area contributed by atoms with E-state index in [2.05, 4.69) is 10.6 Å². The molecule has 0 aliphatic carbocycles. The molecule has 1 atom stereocenters. The van der Waals surface area contributed by atoms with Crippen LogP contribution in [0.25, 0.3) is 0 Å².